The molecule has 1 N–H and O–H groups in total. The summed E-state index contributed by atoms with van der Waals surface area (Å²) in [6.07, 6.45) is 0.295. The van der Waals surface area contributed by atoms with E-state index < -0.39 is 5.76 Å². The minimum Gasteiger partial charge on any atom is -0.493 e. The lowest BCUT2D eigenvalue weighted by Crippen LogP contribution is -2.50. The molecule has 1 fully saturated rings. The molecule has 0 unspecified atom stereocenters. The van der Waals surface area contributed by atoms with E-state index in [0.29, 0.717) is 66.6 Å². The van der Waals surface area contributed by atoms with E-state index in [1.54, 1.807) is 47.4 Å². The van der Waals surface area contributed by atoms with Gasteiger partial charge in [0.25, 0.3) is 0 Å². The van der Waals surface area contributed by atoms with Crippen LogP contribution in [-0.4, -0.2) is 65.8 Å². The topological polar surface area (TPSA) is 95.9 Å². The summed E-state index contributed by atoms with van der Waals surface area (Å²) < 4.78 is 10.6. The van der Waals surface area contributed by atoms with Gasteiger partial charge >= 0.3 is 5.76 Å². The number of ketones is 1. The van der Waals surface area contributed by atoms with Crippen molar-refractivity contribution < 1.29 is 18.7 Å². The van der Waals surface area contributed by atoms with Crippen LogP contribution in [-0.2, 0) is 4.79 Å². The van der Waals surface area contributed by atoms with Crippen molar-refractivity contribution in [2.75, 3.05) is 39.3 Å². The molecule has 1 aliphatic heterocycles. The number of amides is 1. The number of halogens is 1. The monoisotopic (exact) mass is 443 g/mol. The molecule has 31 heavy (non-hydrogen) atoms. The van der Waals surface area contributed by atoms with Crippen LogP contribution < -0.4 is 10.5 Å². The molecule has 0 bridgehead atoms. The molecule has 2 aromatic carbocycles. The molecule has 0 atom stereocenters. The Bertz CT molecular complexity index is 1130. The quantitative estimate of drug-likeness (QED) is 0.564. The first-order valence-corrected chi connectivity index (χ1v) is 10.4. The largest absolute Gasteiger partial charge is 0.493 e. The first-order valence-electron chi connectivity index (χ1n) is 10.0. The smallest absolute Gasteiger partial charge is 0.417 e. The fourth-order valence-corrected chi connectivity index (χ4v) is 3.64. The summed E-state index contributed by atoms with van der Waals surface area (Å²) in [5.74, 6) is 0.117. The number of aromatic nitrogens is 1. The van der Waals surface area contributed by atoms with E-state index in [1.807, 2.05) is 4.90 Å². The van der Waals surface area contributed by atoms with Crippen molar-refractivity contribution >= 4 is 34.4 Å². The first-order chi connectivity index (χ1) is 15.0. The zero-order chi connectivity index (χ0) is 21.8. The van der Waals surface area contributed by atoms with E-state index in [4.69, 9.17) is 20.8 Å². The molecule has 0 radical (unpaired) electrons. The van der Waals surface area contributed by atoms with E-state index in [0.717, 1.165) is 0 Å². The second-order valence-electron chi connectivity index (χ2n) is 7.36. The van der Waals surface area contributed by atoms with Gasteiger partial charge in [0.2, 0.25) is 5.91 Å². The molecule has 1 aliphatic rings. The standard InChI is InChI=1S/C22H22ClN3O5/c23-16-2-4-17(5-3-16)30-12-7-21(28)26-10-8-25(9-11-26)14-19(27)15-1-6-18-20(13-15)31-22(29)24-18/h1-6,13H,7-12,14H2,(H,24,29). The number of hydrogen-bond donors (Lipinski definition) is 1. The van der Waals surface area contributed by atoms with Crippen molar-refractivity contribution in [2.24, 2.45) is 0 Å². The van der Waals surface area contributed by atoms with E-state index in [9.17, 15) is 14.4 Å². The molecule has 3 aromatic rings. The Hall–Kier alpha value is -3.10. The van der Waals surface area contributed by atoms with Gasteiger partial charge in [-0.3, -0.25) is 19.5 Å². The Morgan fingerprint density at radius 3 is 2.55 bits per heavy atom. The number of Topliss-reactive ketones (excluding diaryl/α,β-unsaturated/α-hetero) is 1. The van der Waals surface area contributed by atoms with Crippen LogP contribution in [0, 0.1) is 0 Å². The second-order valence-corrected chi connectivity index (χ2v) is 7.79. The maximum absolute atomic E-state index is 12.6. The van der Waals surface area contributed by atoms with Gasteiger partial charge in [-0.05, 0) is 42.5 Å². The molecule has 0 aliphatic carbocycles. The lowest BCUT2D eigenvalue weighted by molar-refractivity contribution is -0.133. The number of nitrogens with zero attached hydrogens (tertiary/aromatic N) is 2. The van der Waals surface area contributed by atoms with Crippen molar-refractivity contribution in [3.8, 4) is 5.75 Å². The third kappa shape index (κ3) is 5.34. The van der Waals surface area contributed by atoms with Crippen LogP contribution >= 0.6 is 11.6 Å². The highest BCUT2D eigenvalue weighted by Crippen LogP contribution is 2.16. The predicted octanol–water partition coefficient (Wildman–Crippen LogP) is 2.57. The number of benzene rings is 2. The zero-order valence-electron chi connectivity index (χ0n) is 16.8. The van der Waals surface area contributed by atoms with Crippen molar-refractivity contribution in [3.63, 3.8) is 0 Å². The fraction of sp³-hybridized carbons (Fsp3) is 0.318. The number of ether oxygens (including phenoxy) is 1. The number of aromatic amines is 1. The van der Waals surface area contributed by atoms with Gasteiger partial charge < -0.3 is 14.1 Å². The van der Waals surface area contributed by atoms with E-state index >= 15 is 0 Å². The van der Waals surface area contributed by atoms with Gasteiger partial charge in [0.05, 0.1) is 25.1 Å². The van der Waals surface area contributed by atoms with E-state index in [-0.39, 0.29) is 18.2 Å². The summed E-state index contributed by atoms with van der Waals surface area (Å²) in [5, 5.41) is 0.636. The molecule has 4 rings (SSSR count). The Balaban J connectivity index is 1.22. The van der Waals surface area contributed by atoms with E-state index in [1.165, 1.54) is 0 Å². The number of H-pyrrole nitrogens is 1. The minimum absolute atomic E-state index is 0.0351. The van der Waals surface area contributed by atoms with Crippen molar-refractivity contribution in [1.82, 2.24) is 14.8 Å². The first kappa shape index (κ1) is 21.1. The van der Waals surface area contributed by atoms with Gasteiger partial charge in [-0.25, -0.2) is 4.79 Å². The third-order valence-electron chi connectivity index (χ3n) is 5.23. The molecular weight excluding hydrogens is 422 g/mol. The number of hydrogen-bond acceptors (Lipinski definition) is 6. The lowest BCUT2D eigenvalue weighted by Gasteiger charge is -2.34. The van der Waals surface area contributed by atoms with Crippen LogP contribution in [0.25, 0.3) is 11.1 Å². The minimum atomic E-state index is -0.543. The molecular formula is C22H22ClN3O5. The summed E-state index contributed by atoms with van der Waals surface area (Å²) in [6, 6.07) is 11.9. The highest BCUT2D eigenvalue weighted by Gasteiger charge is 2.23. The molecule has 0 spiro atoms. The van der Waals surface area contributed by atoms with Gasteiger partial charge in [-0.15, -0.1) is 0 Å². The second kappa shape index (κ2) is 9.36. The Kier molecular flexibility index (Phi) is 6.39. The maximum atomic E-state index is 12.6. The third-order valence-corrected chi connectivity index (χ3v) is 5.49. The molecule has 1 amide bonds. The summed E-state index contributed by atoms with van der Waals surface area (Å²) in [6.45, 7) is 2.93. The van der Waals surface area contributed by atoms with Crippen LogP contribution in [0.1, 0.15) is 16.8 Å². The number of carbonyl (C=O) groups excluding carboxylic acids is 2. The average molecular weight is 444 g/mol. The molecule has 2 heterocycles. The Morgan fingerprint density at radius 2 is 1.81 bits per heavy atom. The molecule has 9 heteroatoms. The Labute approximate surface area is 183 Å². The molecule has 0 saturated carbocycles. The zero-order valence-corrected chi connectivity index (χ0v) is 17.6. The van der Waals surface area contributed by atoms with Crippen LogP contribution in [0.3, 0.4) is 0 Å². The van der Waals surface area contributed by atoms with Crippen LogP contribution in [0.2, 0.25) is 5.02 Å². The van der Waals surface area contributed by atoms with E-state index in [2.05, 4.69) is 4.98 Å². The summed E-state index contributed by atoms with van der Waals surface area (Å²) in [5.41, 5.74) is 1.42. The van der Waals surface area contributed by atoms with Crippen molar-refractivity contribution in [1.29, 1.82) is 0 Å². The lowest BCUT2D eigenvalue weighted by atomic mass is 10.1. The molecule has 8 nitrogen and oxygen atoms in total. The highest BCUT2D eigenvalue weighted by atomic mass is 35.5. The number of nitrogens with one attached hydrogen (secondary N) is 1. The van der Waals surface area contributed by atoms with Crippen molar-refractivity contribution in [2.45, 2.75) is 6.42 Å². The summed E-state index contributed by atoms with van der Waals surface area (Å²) >= 11 is 5.84. The number of rotatable bonds is 7. The van der Waals surface area contributed by atoms with Gasteiger partial charge in [-0.2, -0.15) is 0 Å². The molecule has 162 valence electrons. The summed E-state index contributed by atoms with van der Waals surface area (Å²) in [7, 11) is 0. The number of fused-ring (bicyclic) bond motifs is 1. The Morgan fingerprint density at radius 1 is 1.06 bits per heavy atom. The predicted molar refractivity (Wildman–Crippen MR) is 116 cm³/mol. The van der Waals surface area contributed by atoms with Crippen LogP contribution in [0.4, 0.5) is 0 Å². The van der Waals surface area contributed by atoms with Crippen LogP contribution in [0.5, 0.6) is 5.75 Å². The SMILES string of the molecule is O=C(CN1CCN(C(=O)CCOc2ccc(Cl)cc2)CC1)c1ccc2[nH]c(=O)oc2c1. The van der Waals surface area contributed by atoms with Gasteiger partial charge in [0, 0.05) is 36.8 Å². The van der Waals surface area contributed by atoms with Crippen molar-refractivity contribution in [3.05, 3.63) is 63.6 Å². The summed E-state index contributed by atoms with van der Waals surface area (Å²) in [4.78, 5) is 42.7. The normalized spacial score (nSPS) is 14.7. The molecule has 1 aromatic heterocycles. The molecule has 1 saturated heterocycles. The number of oxazole rings is 1. The van der Waals surface area contributed by atoms with Crippen LogP contribution in [0.15, 0.2) is 51.7 Å². The number of carbonyl (C=O) groups is 2. The van der Waals surface area contributed by atoms with Gasteiger partial charge in [0.1, 0.15) is 5.75 Å². The highest BCUT2D eigenvalue weighted by molar-refractivity contribution is 6.30. The number of piperazine rings is 1. The van der Waals surface area contributed by atoms with Gasteiger partial charge in [-0.1, -0.05) is 11.6 Å². The maximum Gasteiger partial charge on any atom is 0.417 e. The fourth-order valence-electron chi connectivity index (χ4n) is 3.51. The average Bonchev–Trinajstić information content (AvgIpc) is 3.14. The van der Waals surface area contributed by atoms with Gasteiger partial charge in [0.15, 0.2) is 11.4 Å².